The average molecular weight is 281 g/mol. The second-order valence-corrected chi connectivity index (χ2v) is 5.71. The summed E-state index contributed by atoms with van der Waals surface area (Å²) in [5.74, 6) is -0.853. The Labute approximate surface area is 124 Å². The van der Waals surface area contributed by atoms with E-state index in [4.69, 9.17) is 0 Å². The largest absolute Gasteiger partial charge is 0.478 e. The number of carboxylic acids is 1. The van der Waals surface area contributed by atoms with Crippen molar-refractivity contribution in [2.45, 2.75) is 25.4 Å². The molecule has 1 aliphatic rings. The molecule has 21 heavy (non-hydrogen) atoms. The lowest BCUT2D eigenvalue weighted by Crippen LogP contribution is -2.32. The van der Waals surface area contributed by atoms with Gasteiger partial charge in [0, 0.05) is 12.6 Å². The zero-order valence-corrected chi connectivity index (χ0v) is 12.1. The van der Waals surface area contributed by atoms with Crippen LogP contribution in [0.3, 0.4) is 0 Å². The van der Waals surface area contributed by atoms with E-state index < -0.39 is 5.97 Å². The van der Waals surface area contributed by atoms with E-state index in [0.717, 1.165) is 18.4 Å². The van der Waals surface area contributed by atoms with Gasteiger partial charge in [-0.05, 0) is 42.6 Å². The van der Waals surface area contributed by atoms with Crippen LogP contribution < -0.4 is 0 Å². The fourth-order valence-corrected chi connectivity index (χ4v) is 3.11. The molecule has 0 saturated heterocycles. The number of carbonyl (C=O) groups is 1. The fourth-order valence-electron chi connectivity index (χ4n) is 3.11. The van der Waals surface area contributed by atoms with E-state index in [9.17, 15) is 9.90 Å². The third kappa shape index (κ3) is 2.83. The summed E-state index contributed by atoms with van der Waals surface area (Å²) < 4.78 is 0. The molecule has 0 heterocycles. The molecule has 0 atom stereocenters. The number of benzene rings is 2. The van der Waals surface area contributed by atoms with Crippen LogP contribution in [-0.4, -0.2) is 29.1 Å². The normalized spacial score (nSPS) is 14.4. The van der Waals surface area contributed by atoms with Gasteiger partial charge in [0.1, 0.15) is 0 Å². The number of nitrogens with zero attached hydrogens (tertiary/aromatic N) is 1. The Kier molecular flexibility index (Phi) is 3.76. The fraction of sp³-hybridized carbons (Fsp3) is 0.278. The Hall–Kier alpha value is -2.13. The van der Waals surface area contributed by atoms with Crippen LogP contribution in [0.1, 0.15) is 27.0 Å². The summed E-state index contributed by atoms with van der Waals surface area (Å²) in [7, 11) is 2.08. The Morgan fingerprint density at radius 3 is 2.29 bits per heavy atom. The number of hydrogen-bond acceptors (Lipinski definition) is 2. The van der Waals surface area contributed by atoms with Crippen LogP contribution in [0.25, 0.3) is 0 Å². The number of rotatable bonds is 4. The number of aromatic carboxylic acids is 1. The third-order valence-corrected chi connectivity index (χ3v) is 4.32. The molecule has 2 aromatic rings. The van der Waals surface area contributed by atoms with Gasteiger partial charge in [0.05, 0.1) is 5.56 Å². The third-order valence-electron chi connectivity index (χ3n) is 4.32. The van der Waals surface area contributed by atoms with Crippen LogP contribution in [0.5, 0.6) is 0 Å². The minimum atomic E-state index is -0.853. The Bertz CT molecular complexity index is 641. The van der Waals surface area contributed by atoms with E-state index in [0.29, 0.717) is 18.2 Å². The zero-order chi connectivity index (χ0) is 14.8. The topological polar surface area (TPSA) is 40.5 Å². The molecule has 0 aromatic heterocycles. The quantitative estimate of drug-likeness (QED) is 0.936. The molecule has 0 saturated carbocycles. The van der Waals surface area contributed by atoms with E-state index in [2.05, 4.69) is 36.2 Å². The van der Waals surface area contributed by atoms with E-state index in [1.165, 1.54) is 11.1 Å². The van der Waals surface area contributed by atoms with Crippen LogP contribution in [0.2, 0.25) is 0 Å². The molecule has 0 fully saturated rings. The Morgan fingerprint density at radius 1 is 1.10 bits per heavy atom. The molecule has 0 radical (unpaired) electrons. The van der Waals surface area contributed by atoms with Crippen molar-refractivity contribution in [1.29, 1.82) is 0 Å². The second-order valence-electron chi connectivity index (χ2n) is 5.71. The van der Waals surface area contributed by atoms with Crippen molar-refractivity contribution in [2.75, 3.05) is 7.05 Å². The van der Waals surface area contributed by atoms with Gasteiger partial charge in [-0.1, -0.05) is 42.5 Å². The summed E-state index contributed by atoms with van der Waals surface area (Å²) in [4.78, 5) is 13.6. The highest BCUT2D eigenvalue weighted by atomic mass is 16.4. The molecule has 3 nitrogen and oxygen atoms in total. The highest BCUT2D eigenvalue weighted by Crippen LogP contribution is 2.26. The van der Waals surface area contributed by atoms with Gasteiger partial charge >= 0.3 is 5.97 Å². The SMILES string of the molecule is CN(Cc1ccccc1C(=O)O)C1Cc2ccccc2C1. The van der Waals surface area contributed by atoms with Crippen molar-refractivity contribution in [2.24, 2.45) is 0 Å². The van der Waals surface area contributed by atoms with Crippen LogP contribution in [-0.2, 0) is 19.4 Å². The lowest BCUT2D eigenvalue weighted by atomic mass is 10.1. The zero-order valence-electron chi connectivity index (χ0n) is 12.1. The molecule has 0 amide bonds. The average Bonchev–Trinajstić information content (AvgIpc) is 2.91. The highest BCUT2D eigenvalue weighted by molar-refractivity contribution is 5.89. The summed E-state index contributed by atoms with van der Waals surface area (Å²) in [6.45, 7) is 0.668. The van der Waals surface area contributed by atoms with Gasteiger partial charge in [-0.2, -0.15) is 0 Å². The van der Waals surface area contributed by atoms with Crippen molar-refractivity contribution in [3.05, 3.63) is 70.8 Å². The van der Waals surface area contributed by atoms with Crippen molar-refractivity contribution in [3.8, 4) is 0 Å². The number of carboxylic acid groups (broad SMARTS) is 1. The van der Waals surface area contributed by atoms with Crippen LogP contribution in [0.15, 0.2) is 48.5 Å². The molecule has 0 aliphatic heterocycles. The molecular formula is C18H19NO2. The summed E-state index contributed by atoms with van der Waals surface area (Å²) in [5, 5.41) is 9.27. The molecule has 1 N–H and O–H groups in total. The number of likely N-dealkylation sites (N-methyl/N-ethyl adjacent to an activating group) is 1. The summed E-state index contributed by atoms with van der Waals surface area (Å²) in [6.07, 6.45) is 2.09. The monoisotopic (exact) mass is 281 g/mol. The van der Waals surface area contributed by atoms with Gasteiger partial charge in [-0.3, -0.25) is 4.90 Å². The smallest absolute Gasteiger partial charge is 0.336 e. The van der Waals surface area contributed by atoms with Crippen LogP contribution in [0, 0.1) is 0 Å². The lowest BCUT2D eigenvalue weighted by molar-refractivity contribution is 0.0694. The molecular weight excluding hydrogens is 262 g/mol. The Morgan fingerprint density at radius 2 is 1.67 bits per heavy atom. The maximum Gasteiger partial charge on any atom is 0.336 e. The predicted molar refractivity (Wildman–Crippen MR) is 82.5 cm³/mol. The van der Waals surface area contributed by atoms with Crippen molar-refractivity contribution in [3.63, 3.8) is 0 Å². The second kappa shape index (κ2) is 5.70. The van der Waals surface area contributed by atoms with Crippen molar-refractivity contribution in [1.82, 2.24) is 4.90 Å². The maximum atomic E-state index is 11.3. The standard InChI is InChI=1S/C18H19NO2/c1-19(12-15-8-4-5-9-17(15)18(20)21)16-10-13-6-2-3-7-14(13)11-16/h2-9,16H,10-12H2,1H3,(H,20,21). The molecule has 1 aliphatic carbocycles. The van der Waals surface area contributed by atoms with Gasteiger partial charge in [0.25, 0.3) is 0 Å². The molecule has 0 spiro atoms. The van der Waals surface area contributed by atoms with Crippen molar-refractivity contribution >= 4 is 5.97 Å². The van der Waals surface area contributed by atoms with E-state index in [1.54, 1.807) is 12.1 Å². The first-order valence-corrected chi connectivity index (χ1v) is 7.23. The summed E-state index contributed by atoms with van der Waals surface area (Å²) in [5.41, 5.74) is 4.12. The minimum absolute atomic E-state index is 0.403. The van der Waals surface area contributed by atoms with Gasteiger partial charge < -0.3 is 5.11 Å². The predicted octanol–water partition coefficient (Wildman–Crippen LogP) is 2.98. The molecule has 0 unspecified atom stereocenters. The van der Waals surface area contributed by atoms with Crippen LogP contribution in [0.4, 0.5) is 0 Å². The van der Waals surface area contributed by atoms with E-state index in [1.807, 2.05) is 12.1 Å². The summed E-state index contributed by atoms with van der Waals surface area (Å²) >= 11 is 0. The van der Waals surface area contributed by atoms with E-state index >= 15 is 0 Å². The number of hydrogen-bond donors (Lipinski definition) is 1. The van der Waals surface area contributed by atoms with Gasteiger partial charge in [0.2, 0.25) is 0 Å². The Balaban J connectivity index is 1.74. The maximum absolute atomic E-state index is 11.3. The molecule has 3 heteroatoms. The minimum Gasteiger partial charge on any atom is -0.478 e. The first-order chi connectivity index (χ1) is 10.1. The van der Waals surface area contributed by atoms with E-state index in [-0.39, 0.29) is 0 Å². The molecule has 0 bridgehead atoms. The first-order valence-electron chi connectivity index (χ1n) is 7.23. The van der Waals surface area contributed by atoms with Crippen LogP contribution >= 0.6 is 0 Å². The van der Waals surface area contributed by atoms with Crippen molar-refractivity contribution < 1.29 is 9.90 Å². The first kappa shape index (κ1) is 13.8. The van der Waals surface area contributed by atoms with Gasteiger partial charge in [0.15, 0.2) is 0 Å². The molecule has 2 aromatic carbocycles. The highest BCUT2D eigenvalue weighted by Gasteiger charge is 2.25. The molecule has 3 rings (SSSR count). The summed E-state index contributed by atoms with van der Waals surface area (Å²) in [6, 6.07) is 16.3. The van der Waals surface area contributed by atoms with Gasteiger partial charge in [-0.25, -0.2) is 4.79 Å². The molecule has 108 valence electrons. The number of fused-ring (bicyclic) bond motifs is 1. The van der Waals surface area contributed by atoms with Gasteiger partial charge in [-0.15, -0.1) is 0 Å². The lowest BCUT2D eigenvalue weighted by Gasteiger charge is -2.24.